The number of amides is 2. The average molecular weight is 791 g/mol. The molecule has 19 heteroatoms. The summed E-state index contributed by atoms with van der Waals surface area (Å²) >= 11 is 0. The molecule has 2 amide bonds. The summed E-state index contributed by atoms with van der Waals surface area (Å²) in [6.45, 7) is 15.5. The minimum Gasteiger partial charge on any atom is -0.465 e. The Bertz CT molecular complexity index is 1800. The van der Waals surface area contributed by atoms with Crippen LogP contribution < -0.4 is 10.6 Å². The van der Waals surface area contributed by atoms with Crippen LogP contribution in [0.3, 0.4) is 0 Å². The molecule has 0 spiro atoms. The van der Waals surface area contributed by atoms with Crippen molar-refractivity contribution in [3.05, 3.63) is 23.5 Å². The van der Waals surface area contributed by atoms with Crippen molar-refractivity contribution >= 4 is 49.2 Å². The van der Waals surface area contributed by atoms with Crippen molar-refractivity contribution in [2.75, 3.05) is 50.3 Å². The van der Waals surface area contributed by atoms with Crippen molar-refractivity contribution < 1.29 is 59.6 Å². The summed E-state index contributed by atoms with van der Waals surface area (Å²) in [5, 5.41) is 20.9. The Balaban J connectivity index is 0.000000287. The number of sulfone groups is 2. The zero-order chi connectivity index (χ0) is 40.0. The van der Waals surface area contributed by atoms with Crippen molar-refractivity contribution in [1.82, 2.24) is 10.3 Å². The molecule has 2 aliphatic rings. The van der Waals surface area contributed by atoms with E-state index in [-0.39, 0.29) is 25.0 Å². The number of esters is 1. The Morgan fingerprint density at radius 2 is 1.08 bits per heavy atom. The predicted octanol–water partition coefficient (Wildman–Crippen LogP) is 3.08. The fourth-order valence-electron chi connectivity index (χ4n) is 5.33. The normalized spacial score (nSPS) is 17.0. The zero-order valence-electron chi connectivity index (χ0n) is 31.9. The van der Waals surface area contributed by atoms with E-state index < -0.39 is 68.3 Å². The van der Waals surface area contributed by atoms with Gasteiger partial charge in [-0.2, -0.15) is 0 Å². The third kappa shape index (κ3) is 10.2. The molecule has 3 N–H and O–H groups in total. The molecule has 2 saturated heterocycles. The second-order valence-corrected chi connectivity index (χ2v) is 21.1. The Morgan fingerprint density at radius 3 is 1.42 bits per heavy atom. The third-order valence-electron chi connectivity index (χ3n) is 9.64. The number of aromatic nitrogens is 2. The smallest absolute Gasteiger partial charge is 0.302 e. The molecule has 0 radical (unpaired) electrons. The molecular formula is C34H54N4O13S2. The van der Waals surface area contributed by atoms with Gasteiger partial charge in [0.25, 0.3) is 0 Å². The van der Waals surface area contributed by atoms with Crippen molar-refractivity contribution in [2.24, 2.45) is 0 Å². The number of hydrogen-bond donors (Lipinski definition) is 3. The third-order valence-corrected chi connectivity index (χ3v) is 15.6. The zero-order valence-corrected chi connectivity index (χ0v) is 33.6. The SMILES string of the molecule is CC(=O)OCC(C)(C)c1cc(NC(=O)C(C)(C)S(=O)(=O)C2CCOCC2)on1.CC(C)(CO)c1cc(NC(=O)C(C)(C)S(=O)(=O)C2CCOCC2)on1. The van der Waals surface area contributed by atoms with Crippen molar-refractivity contribution in [2.45, 2.75) is 119 Å². The number of nitrogens with one attached hydrogen (secondary N) is 2. The molecule has 0 atom stereocenters. The van der Waals surface area contributed by atoms with Gasteiger partial charge in [0.1, 0.15) is 16.1 Å². The van der Waals surface area contributed by atoms with Gasteiger partial charge in [-0.15, -0.1) is 0 Å². The van der Waals surface area contributed by atoms with Crippen LogP contribution in [0.1, 0.15) is 99.4 Å². The first kappa shape index (κ1) is 44.0. The number of rotatable bonds is 13. The number of anilines is 2. The molecule has 4 heterocycles. The molecular weight excluding hydrogens is 737 g/mol. The summed E-state index contributed by atoms with van der Waals surface area (Å²) in [6, 6.07) is 2.99. The molecule has 2 aromatic rings. The second kappa shape index (κ2) is 17.0. The fourth-order valence-corrected chi connectivity index (χ4v) is 9.24. The van der Waals surface area contributed by atoms with Gasteiger partial charge in [0.05, 0.1) is 28.5 Å². The number of hydrogen-bond acceptors (Lipinski definition) is 15. The highest BCUT2D eigenvalue weighted by molar-refractivity contribution is 7.94. The lowest BCUT2D eigenvalue weighted by molar-refractivity contribution is -0.142. The molecule has 0 saturated carbocycles. The molecule has 0 aromatic carbocycles. The van der Waals surface area contributed by atoms with Crippen LogP contribution in [0.4, 0.5) is 11.8 Å². The van der Waals surface area contributed by atoms with Gasteiger partial charge < -0.3 is 28.4 Å². The first-order valence-electron chi connectivity index (χ1n) is 17.3. The molecule has 53 heavy (non-hydrogen) atoms. The number of aliphatic hydroxyl groups excluding tert-OH is 1. The molecule has 4 rings (SSSR count). The molecule has 300 valence electrons. The molecule has 2 aromatic heterocycles. The van der Waals surface area contributed by atoms with Crippen LogP contribution in [0.5, 0.6) is 0 Å². The predicted molar refractivity (Wildman–Crippen MR) is 194 cm³/mol. The van der Waals surface area contributed by atoms with E-state index in [1.54, 1.807) is 27.7 Å². The van der Waals surface area contributed by atoms with E-state index in [1.807, 2.05) is 0 Å². The van der Waals surface area contributed by atoms with Gasteiger partial charge in [-0.1, -0.05) is 38.0 Å². The summed E-state index contributed by atoms with van der Waals surface area (Å²) < 4.78 is 74.0. The first-order valence-corrected chi connectivity index (χ1v) is 20.4. The minimum absolute atomic E-state index is 0.0335. The quantitative estimate of drug-likeness (QED) is 0.247. The largest absolute Gasteiger partial charge is 0.465 e. The Labute approximate surface area is 311 Å². The summed E-state index contributed by atoms with van der Waals surface area (Å²) in [5.41, 5.74) is -0.331. The Morgan fingerprint density at radius 1 is 0.717 bits per heavy atom. The second-order valence-electron chi connectivity index (χ2n) is 15.5. The molecule has 0 unspecified atom stereocenters. The van der Waals surface area contributed by atoms with Crippen LogP contribution in [0.2, 0.25) is 0 Å². The molecule has 17 nitrogen and oxygen atoms in total. The highest BCUT2D eigenvalue weighted by Crippen LogP contribution is 2.32. The molecule has 0 bridgehead atoms. The summed E-state index contributed by atoms with van der Waals surface area (Å²) in [6.07, 6.45) is 1.51. The van der Waals surface area contributed by atoms with E-state index in [0.717, 1.165) is 0 Å². The number of carbonyl (C=O) groups excluding carboxylic acids is 3. The molecule has 2 fully saturated rings. The molecule has 2 aliphatic heterocycles. The number of ether oxygens (including phenoxy) is 3. The van der Waals surface area contributed by atoms with Crippen LogP contribution in [0, 0.1) is 0 Å². The van der Waals surface area contributed by atoms with Crippen LogP contribution in [0.15, 0.2) is 21.2 Å². The van der Waals surface area contributed by atoms with Crippen LogP contribution in [0.25, 0.3) is 0 Å². The van der Waals surface area contributed by atoms with E-state index in [4.69, 9.17) is 23.3 Å². The minimum atomic E-state index is -3.73. The van der Waals surface area contributed by atoms with E-state index in [0.29, 0.717) is 63.5 Å². The number of aliphatic hydroxyl groups is 1. The van der Waals surface area contributed by atoms with Gasteiger partial charge in [0.15, 0.2) is 19.7 Å². The first-order chi connectivity index (χ1) is 24.4. The average Bonchev–Trinajstić information content (AvgIpc) is 3.79. The highest BCUT2D eigenvalue weighted by Gasteiger charge is 2.48. The van der Waals surface area contributed by atoms with Gasteiger partial charge in [-0.3, -0.25) is 25.0 Å². The standard InChI is InChI=1S/C18H28N2O7S.C16H26N2O6S/c1-12(21)26-11-17(2,3)14-10-15(27-20-14)19-16(22)18(4,5)28(23,24)13-6-8-25-9-7-13;1-15(2,10-19)12-9-13(24-18-12)17-14(20)16(3,4)25(21,22)11-5-7-23-8-6-11/h10,13H,6-9,11H2,1-5H3,(H,19,22);9,11,19H,5-8,10H2,1-4H3,(H,17,20). The summed E-state index contributed by atoms with van der Waals surface area (Å²) in [7, 11) is -7.43. The number of carbonyl (C=O) groups is 3. The van der Waals surface area contributed by atoms with E-state index in [2.05, 4.69) is 20.9 Å². The lowest BCUT2D eigenvalue weighted by Gasteiger charge is -2.30. The van der Waals surface area contributed by atoms with Crippen molar-refractivity contribution in [3.8, 4) is 0 Å². The highest BCUT2D eigenvalue weighted by atomic mass is 32.2. The van der Waals surface area contributed by atoms with E-state index in [9.17, 15) is 36.3 Å². The van der Waals surface area contributed by atoms with Gasteiger partial charge in [-0.05, 0) is 53.4 Å². The maximum atomic E-state index is 12.9. The molecule has 0 aliphatic carbocycles. The maximum Gasteiger partial charge on any atom is 0.302 e. The summed E-state index contributed by atoms with van der Waals surface area (Å²) in [5.74, 6) is -1.70. The van der Waals surface area contributed by atoms with Gasteiger partial charge in [0.2, 0.25) is 23.6 Å². The topological polar surface area (TPSA) is 244 Å². The Kier molecular flexibility index (Phi) is 14.1. The van der Waals surface area contributed by atoms with Gasteiger partial charge >= 0.3 is 5.97 Å². The monoisotopic (exact) mass is 790 g/mol. The summed E-state index contributed by atoms with van der Waals surface area (Å²) in [4.78, 5) is 36.3. The fraction of sp³-hybridized carbons (Fsp3) is 0.735. The van der Waals surface area contributed by atoms with Crippen LogP contribution >= 0.6 is 0 Å². The van der Waals surface area contributed by atoms with Gasteiger partial charge in [0, 0.05) is 56.3 Å². The Hall–Kier alpha value is -3.39. The van der Waals surface area contributed by atoms with E-state index >= 15 is 0 Å². The van der Waals surface area contributed by atoms with Crippen molar-refractivity contribution in [3.63, 3.8) is 0 Å². The van der Waals surface area contributed by atoms with E-state index in [1.165, 1.54) is 46.8 Å². The van der Waals surface area contributed by atoms with Gasteiger partial charge in [-0.25, -0.2) is 16.8 Å². The lowest BCUT2D eigenvalue weighted by Crippen LogP contribution is -2.50. The van der Waals surface area contributed by atoms with Crippen molar-refractivity contribution in [1.29, 1.82) is 0 Å². The lowest BCUT2D eigenvalue weighted by atomic mass is 9.90. The maximum absolute atomic E-state index is 12.9. The number of nitrogens with zero attached hydrogens (tertiary/aromatic N) is 2. The van der Waals surface area contributed by atoms with Crippen LogP contribution in [-0.2, 0) is 59.1 Å². The van der Waals surface area contributed by atoms with Crippen LogP contribution in [-0.4, -0.2) is 110 Å².